The van der Waals surface area contributed by atoms with Crippen LogP contribution >= 0.6 is 22.6 Å². The van der Waals surface area contributed by atoms with Crippen molar-refractivity contribution in [3.05, 3.63) is 36.4 Å². The van der Waals surface area contributed by atoms with E-state index < -0.39 is 48.4 Å². The summed E-state index contributed by atoms with van der Waals surface area (Å²) in [6, 6.07) is 4.31. The van der Waals surface area contributed by atoms with E-state index in [4.69, 9.17) is 23.7 Å². The highest BCUT2D eigenvalue weighted by molar-refractivity contribution is 14.1. The van der Waals surface area contributed by atoms with Crippen molar-refractivity contribution in [1.29, 1.82) is 0 Å². The van der Waals surface area contributed by atoms with E-state index in [0.717, 1.165) is 6.08 Å². The van der Waals surface area contributed by atoms with Crippen molar-refractivity contribution < 1.29 is 67.8 Å². The first kappa shape index (κ1) is 39.7. The van der Waals surface area contributed by atoms with E-state index in [1.807, 2.05) is 22.6 Å². The van der Waals surface area contributed by atoms with Crippen molar-refractivity contribution in [2.24, 2.45) is 5.92 Å². The first-order valence-corrected chi connectivity index (χ1v) is 16.6. The molecule has 0 aliphatic carbocycles. The molecule has 6 atom stereocenters. The Kier molecular flexibility index (Phi) is 15.8. The van der Waals surface area contributed by atoms with Gasteiger partial charge in [-0.05, 0) is 17.7 Å². The van der Waals surface area contributed by atoms with Crippen molar-refractivity contribution >= 4 is 63.8 Å². The second kappa shape index (κ2) is 19.5. The molecule has 18 heteroatoms. The van der Waals surface area contributed by atoms with Crippen molar-refractivity contribution in [1.82, 2.24) is 10.2 Å². The van der Waals surface area contributed by atoms with Crippen molar-refractivity contribution in [3.63, 3.8) is 0 Å². The molecule has 49 heavy (non-hydrogen) atoms. The number of imide groups is 1. The minimum Gasteiger partial charge on any atom is -0.479 e. The zero-order chi connectivity index (χ0) is 36.1. The first-order valence-electron chi connectivity index (χ1n) is 15.4. The number of esters is 1. The van der Waals surface area contributed by atoms with Gasteiger partial charge in [-0.2, -0.15) is 0 Å². The molecule has 1 unspecified atom stereocenters. The average molecular weight is 806 g/mol. The second-order valence-corrected chi connectivity index (χ2v) is 12.5. The highest BCUT2D eigenvalue weighted by atomic mass is 127. The van der Waals surface area contributed by atoms with E-state index in [1.165, 1.54) is 30.0 Å². The number of aliphatic carboxylic acids is 1. The summed E-state index contributed by atoms with van der Waals surface area (Å²) in [6.45, 7) is 5.37. The molecule has 17 nitrogen and oxygen atoms in total. The number of carbonyl (C=O) groups is 6. The van der Waals surface area contributed by atoms with Gasteiger partial charge in [0.05, 0.1) is 48.7 Å². The number of nitrogens with one attached hydrogen (secondary N) is 2. The molecule has 0 aromatic heterocycles. The number of carbonyl (C=O) groups excluding carboxylic acids is 5. The van der Waals surface area contributed by atoms with Gasteiger partial charge in [0, 0.05) is 37.8 Å². The molecule has 0 bridgehead atoms. The standard InChI is InChI=1S/C31H40IN3O14/c1-3-25(39)47-16-18-4-5-21(48-31-27(41)26(40)17(2)28(49-31)30(43)44)20(14-18)34-23(37)6-8-33-22(36)7-10-45-12-13-46-11-9-35-24(38)15-19(32)29(35)42/h3-5,14,17,19,26-28,31,40-41H,1,6-13,15-16H2,2H3,(H,33,36)(H,34,37)(H,43,44)/t17-,19?,26-,27+,28-,31+/m0/s1. The van der Waals surface area contributed by atoms with E-state index in [1.54, 1.807) is 0 Å². The summed E-state index contributed by atoms with van der Waals surface area (Å²) in [6.07, 6.45) is -5.13. The lowest BCUT2D eigenvalue weighted by Gasteiger charge is -2.39. The van der Waals surface area contributed by atoms with Crippen LogP contribution in [0.3, 0.4) is 0 Å². The predicted molar refractivity (Wildman–Crippen MR) is 176 cm³/mol. The summed E-state index contributed by atoms with van der Waals surface area (Å²) in [5, 5.41) is 35.5. The average Bonchev–Trinajstić information content (AvgIpc) is 3.31. The molecule has 0 saturated carbocycles. The first-order chi connectivity index (χ1) is 23.3. The zero-order valence-electron chi connectivity index (χ0n) is 26.7. The molecule has 2 fully saturated rings. The molecule has 0 spiro atoms. The Morgan fingerprint density at radius 2 is 1.78 bits per heavy atom. The fraction of sp³-hybridized carbons (Fsp3) is 0.548. The highest BCUT2D eigenvalue weighted by Gasteiger charge is 2.46. The predicted octanol–water partition coefficient (Wildman–Crippen LogP) is -0.107. The fourth-order valence-electron chi connectivity index (χ4n) is 4.72. The molecule has 5 N–H and O–H groups in total. The molecule has 2 aliphatic heterocycles. The molecule has 2 aliphatic rings. The second-order valence-electron chi connectivity index (χ2n) is 11.0. The van der Waals surface area contributed by atoms with Crippen LogP contribution in [0.5, 0.6) is 5.75 Å². The van der Waals surface area contributed by atoms with Crippen LogP contribution in [0.4, 0.5) is 5.69 Å². The number of anilines is 1. The normalized spacial score (nSPS) is 23.6. The molecule has 2 heterocycles. The Morgan fingerprint density at radius 1 is 1.06 bits per heavy atom. The monoisotopic (exact) mass is 805 g/mol. The number of hydrogen-bond donors (Lipinski definition) is 5. The minimum absolute atomic E-state index is 0.0183. The SMILES string of the molecule is C=CC(=O)OCc1ccc(O[C@@H]2O[C@H](C(=O)O)[C@@H](C)[C@H](O)[C@H]2O)c(NC(=O)CCNC(=O)CCOCCOCCN2C(=O)CC(I)C2=O)c1. The van der Waals surface area contributed by atoms with Gasteiger partial charge in [0.15, 0.2) is 6.10 Å². The van der Waals surface area contributed by atoms with Gasteiger partial charge in [0.2, 0.25) is 29.9 Å². The molecule has 2 saturated heterocycles. The number of rotatable bonds is 19. The van der Waals surface area contributed by atoms with Gasteiger partial charge >= 0.3 is 11.9 Å². The molecule has 4 amide bonds. The number of benzene rings is 1. The number of likely N-dealkylation sites (tertiary alicyclic amines) is 1. The van der Waals surface area contributed by atoms with Gasteiger partial charge in [-0.1, -0.05) is 42.2 Å². The number of halogens is 1. The molecular weight excluding hydrogens is 765 g/mol. The molecule has 3 rings (SSSR count). The third-order valence-electron chi connectivity index (χ3n) is 7.45. The van der Waals surface area contributed by atoms with Gasteiger partial charge in [0.1, 0.15) is 18.5 Å². The minimum atomic E-state index is -1.61. The Bertz CT molecular complexity index is 1380. The van der Waals surface area contributed by atoms with Crippen LogP contribution in [-0.2, 0) is 54.3 Å². The van der Waals surface area contributed by atoms with Gasteiger partial charge in [-0.15, -0.1) is 0 Å². The highest BCUT2D eigenvalue weighted by Crippen LogP contribution is 2.32. The number of hydrogen-bond acceptors (Lipinski definition) is 13. The van der Waals surface area contributed by atoms with E-state index in [2.05, 4.69) is 17.2 Å². The lowest BCUT2D eigenvalue weighted by Crippen LogP contribution is -2.57. The van der Waals surface area contributed by atoms with E-state index in [0.29, 0.717) is 5.56 Å². The van der Waals surface area contributed by atoms with E-state index in [9.17, 15) is 44.1 Å². The van der Waals surface area contributed by atoms with Crippen LogP contribution in [0.15, 0.2) is 30.9 Å². The maximum absolute atomic E-state index is 12.8. The Morgan fingerprint density at radius 3 is 2.43 bits per heavy atom. The smallest absolute Gasteiger partial charge is 0.333 e. The summed E-state index contributed by atoms with van der Waals surface area (Å²) in [7, 11) is 0. The van der Waals surface area contributed by atoms with Crippen LogP contribution in [0.1, 0.15) is 31.7 Å². The number of amides is 4. The summed E-state index contributed by atoms with van der Waals surface area (Å²) in [5.74, 6) is -4.38. The number of carboxylic acid groups (broad SMARTS) is 1. The number of carboxylic acids is 1. The molecule has 270 valence electrons. The van der Waals surface area contributed by atoms with Crippen molar-refractivity contribution in [2.75, 3.05) is 44.8 Å². The molecule has 0 radical (unpaired) electrons. The van der Waals surface area contributed by atoms with Crippen LogP contribution < -0.4 is 15.4 Å². The topological polar surface area (TPSA) is 237 Å². The third-order valence-corrected chi connectivity index (χ3v) is 8.42. The third kappa shape index (κ3) is 12.0. The van der Waals surface area contributed by atoms with Crippen molar-refractivity contribution in [2.45, 2.75) is 61.3 Å². The Labute approximate surface area is 295 Å². The molecular formula is C31H40IN3O14. The van der Waals surface area contributed by atoms with Crippen LogP contribution in [0.2, 0.25) is 0 Å². The Hall–Kier alpha value is -3.69. The quantitative estimate of drug-likeness (QED) is 0.0307. The lowest BCUT2D eigenvalue weighted by atomic mass is 9.91. The fourth-order valence-corrected chi connectivity index (χ4v) is 5.44. The van der Waals surface area contributed by atoms with Crippen LogP contribution in [0.25, 0.3) is 0 Å². The number of aliphatic hydroxyl groups is 2. The van der Waals surface area contributed by atoms with E-state index in [-0.39, 0.29) is 98.5 Å². The molecule has 1 aromatic rings. The number of alkyl halides is 1. The number of aliphatic hydroxyl groups excluding tert-OH is 2. The van der Waals surface area contributed by atoms with Gasteiger partial charge in [0.25, 0.3) is 0 Å². The van der Waals surface area contributed by atoms with E-state index >= 15 is 0 Å². The number of ether oxygens (including phenoxy) is 5. The van der Waals surface area contributed by atoms with Crippen LogP contribution in [-0.4, -0.2) is 124 Å². The summed E-state index contributed by atoms with van der Waals surface area (Å²) in [4.78, 5) is 72.9. The van der Waals surface area contributed by atoms with Gasteiger partial charge < -0.3 is 49.6 Å². The number of nitrogens with zero attached hydrogens (tertiary/aromatic N) is 1. The Balaban J connectivity index is 1.44. The summed E-state index contributed by atoms with van der Waals surface area (Å²) < 4.78 is 26.6. The lowest BCUT2D eigenvalue weighted by molar-refractivity contribution is -0.255. The molecule has 1 aromatic carbocycles. The van der Waals surface area contributed by atoms with Gasteiger partial charge in [-0.3, -0.25) is 24.1 Å². The largest absolute Gasteiger partial charge is 0.479 e. The van der Waals surface area contributed by atoms with Crippen molar-refractivity contribution in [3.8, 4) is 5.75 Å². The maximum Gasteiger partial charge on any atom is 0.333 e. The summed E-state index contributed by atoms with van der Waals surface area (Å²) in [5.41, 5.74) is 0.493. The maximum atomic E-state index is 12.8. The van der Waals surface area contributed by atoms with Crippen LogP contribution in [0, 0.1) is 5.92 Å². The van der Waals surface area contributed by atoms with Gasteiger partial charge in [-0.25, -0.2) is 9.59 Å². The zero-order valence-corrected chi connectivity index (χ0v) is 28.9. The summed E-state index contributed by atoms with van der Waals surface area (Å²) >= 11 is 1.94.